The number of piperidine rings is 1. The molecule has 2 aliphatic rings. The second-order valence-electron chi connectivity index (χ2n) is 11.6. The van der Waals surface area contributed by atoms with Crippen molar-refractivity contribution in [2.75, 3.05) is 6.54 Å². The lowest BCUT2D eigenvalue weighted by Gasteiger charge is -2.42. The number of aromatic nitrogens is 3. The van der Waals surface area contributed by atoms with Crippen LogP contribution >= 0.6 is 0 Å². The lowest BCUT2D eigenvalue weighted by Crippen LogP contribution is -2.44. The topological polar surface area (TPSA) is 34.0 Å². The van der Waals surface area contributed by atoms with E-state index in [1.807, 2.05) is 12.4 Å². The van der Waals surface area contributed by atoms with E-state index in [2.05, 4.69) is 65.6 Å². The molecular formula is C34H48N4. The molecule has 2 fully saturated rings. The summed E-state index contributed by atoms with van der Waals surface area (Å²) in [6, 6.07) is 11.8. The first kappa shape index (κ1) is 27.1. The second kappa shape index (κ2) is 13.1. The van der Waals surface area contributed by atoms with Crippen LogP contribution in [0.3, 0.4) is 0 Å². The molecule has 0 N–H and O–H groups in total. The second-order valence-corrected chi connectivity index (χ2v) is 11.6. The Morgan fingerprint density at radius 2 is 1.63 bits per heavy atom. The molecule has 5 rings (SSSR count). The third kappa shape index (κ3) is 5.76. The van der Waals surface area contributed by atoms with Crippen LogP contribution in [0, 0.1) is 5.92 Å². The normalized spacial score (nSPS) is 19.2. The smallest absolute Gasteiger partial charge is 0.141 e. The van der Waals surface area contributed by atoms with Crippen molar-refractivity contribution in [3.8, 4) is 22.6 Å². The van der Waals surface area contributed by atoms with Crippen molar-refractivity contribution in [1.82, 2.24) is 19.4 Å². The fourth-order valence-corrected chi connectivity index (χ4v) is 7.12. The summed E-state index contributed by atoms with van der Waals surface area (Å²) < 4.78 is 2.62. The molecule has 1 aromatic carbocycles. The maximum absolute atomic E-state index is 5.52. The number of aryl methyl sites for hydroxylation is 2. The predicted octanol–water partition coefficient (Wildman–Crippen LogP) is 8.47. The summed E-state index contributed by atoms with van der Waals surface area (Å²) in [5.74, 6) is 2.04. The lowest BCUT2D eigenvalue weighted by molar-refractivity contribution is 0.0728. The summed E-state index contributed by atoms with van der Waals surface area (Å²) >= 11 is 0. The molecule has 2 aromatic heterocycles. The molecular weight excluding hydrogens is 464 g/mol. The monoisotopic (exact) mass is 512 g/mol. The van der Waals surface area contributed by atoms with Gasteiger partial charge in [-0.15, -0.1) is 0 Å². The highest BCUT2D eigenvalue weighted by atomic mass is 15.2. The number of rotatable bonds is 10. The molecule has 0 amide bonds. The Morgan fingerprint density at radius 1 is 0.868 bits per heavy atom. The number of imidazole rings is 1. The Balaban J connectivity index is 1.64. The fourth-order valence-electron chi connectivity index (χ4n) is 7.12. The SMILES string of the molecule is CCCCn1c(-c2c(CC)cccc2CC)nc(-c2cccnc2)c1CN1CCCCC1C1CCCCC1. The van der Waals surface area contributed by atoms with Gasteiger partial charge in [-0.05, 0) is 80.7 Å². The molecule has 0 spiro atoms. The van der Waals surface area contributed by atoms with Crippen molar-refractivity contribution in [3.63, 3.8) is 0 Å². The Kier molecular flexibility index (Phi) is 9.32. The van der Waals surface area contributed by atoms with E-state index >= 15 is 0 Å². The van der Waals surface area contributed by atoms with Gasteiger partial charge in [0, 0.05) is 42.7 Å². The van der Waals surface area contributed by atoms with Gasteiger partial charge in [0.2, 0.25) is 0 Å². The van der Waals surface area contributed by atoms with Crippen LogP contribution in [0.5, 0.6) is 0 Å². The van der Waals surface area contributed by atoms with Crippen LogP contribution in [-0.2, 0) is 25.9 Å². The van der Waals surface area contributed by atoms with E-state index in [9.17, 15) is 0 Å². The van der Waals surface area contributed by atoms with Gasteiger partial charge in [-0.1, -0.05) is 71.1 Å². The lowest BCUT2D eigenvalue weighted by atomic mass is 9.80. The van der Waals surface area contributed by atoms with Gasteiger partial charge in [-0.3, -0.25) is 9.88 Å². The first-order valence-corrected chi connectivity index (χ1v) is 15.6. The van der Waals surface area contributed by atoms with E-state index < -0.39 is 0 Å². The molecule has 4 nitrogen and oxygen atoms in total. The third-order valence-corrected chi connectivity index (χ3v) is 9.18. The van der Waals surface area contributed by atoms with E-state index in [0.717, 1.165) is 49.1 Å². The molecule has 0 radical (unpaired) electrons. The van der Waals surface area contributed by atoms with Gasteiger partial charge < -0.3 is 4.57 Å². The number of likely N-dealkylation sites (tertiary alicyclic amines) is 1. The Bertz CT molecular complexity index is 1140. The summed E-state index contributed by atoms with van der Waals surface area (Å²) in [6.45, 7) is 10.1. The number of hydrogen-bond donors (Lipinski definition) is 0. The molecule has 3 aromatic rings. The van der Waals surface area contributed by atoms with Gasteiger partial charge in [-0.2, -0.15) is 0 Å². The molecule has 1 aliphatic heterocycles. The molecule has 1 aliphatic carbocycles. The fraction of sp³-hybridized carbons (Fsp3) is 0.588. The van der Waals surface area contributed by atoms with Crippen LogP contribution in [0.4, 0.5) is 0 Å². The van der Waals surface area contributed by atoms with E-state index in [0.29, 0.717) is 0 Å². The average Bonchev–Trinajstić information content (AvgIpc) is 3.34. The van der Waals surface area contributed by atoms with Crippen LogP contribution in [0.15, 0.2) is 42.7 Å². The Morgan fingerprint density at radius 3 is 2.32 bits per heavy atom. The van der Waals surface area contributed by atoms with Gasteiger partial charge in [0.15, 0.2) is 0 Å². The molecule has 1 atom stereocenters. The van der Waals surface area contributed by atoms with Crippen LogP contribution in [-0.4, -0.2) is 32.0 Å². The van der Waals surface area contributed by atoms with Crippen LogP contribution in [0.1, 0.15) is 102 Å². The zero-order valence-electron chi connectivity index (χ0n) is 24.1. The number of nitrogens with zero attached hydrogens (tertiary/aromatic N) is 4. The van der Waals surface area contributed by atoms with E-state index in [1.165, 1.54) is 99.0 Å². The highest BCUT2D eigenvalue weighted by Crippen LogP contribution is 2.38. The van der Waals surface area contributed by atoms with Gasteiger partial charge in [0.1, 0.15) is 5.82 Å². The van der Waals surface area contributed by atoms with Crippen LogP contribution in [0.2, 0.25) is 0 Å². The summed E-state index contributed by atoms with van der Waals surface area (Å²) in [6.07, 6.45) is 19.5. The molecule has 4 heteroatoms. The Hall–Kier alpha value is -2.46. The van der Waals surface area contributed by atoms with Crippen molar-refractivity contribution < 1.29 is 0 Å². The zero-order valence-corrected chi connectivity index (χ0v) is 24.1. The molecule has 204 valence electrons. The minimum absolute atomic E-state index is 0.720. The standard InChI is InChI=1S/C34H48N4/c1-4-7-23-38-31(25-37-22-12-11-20-30(37)28-15-9-8-10-16-28)33(29-19-14-21-35-24-29)36-34(38)32-26(5-2)17-13-18-27(32)6-3/h13-14,17-19,21,24,28,30H,4-12,15-16,20,22-23,25H2,1-3H3. The van der Waals surface area contributed by atoms with E-state index in [1.54, 1.807) is 0 Å². The molecule has 1 unspecified atom stereocenters. The maximum atomic E-state index is 5.52. The molecule has 1 saturated carbocycles. The third-order valence-electron chi connectivity index (χ3n) is 9.18. The highest BCUT2D eigenvalue weighted by molar-refractivity contribution is 5.72. The number of hydrogen-bond acceptors (Lipinski definition) is 3. The van der Waals surface area contributed by atoms with E-state index in [4.69, 9.17) is 4.98 Å². The maximum Gasteiger partial charge on any atom is 0.141 e. The van der Waals surface area contributed by atoms with E-state index in [-0.39, 0.29) is 0 Å². The molecule has 38 heavy (non-hydrogen) atoms. The van der Waals surface area contributed by atoms with Crippen LogP contribution in [0.25, 0.3) is 22.6 Å². The van der Waals surface area contributed by atoms with Crippen molar-refractivity contribution >= 4 is 0 Å². The molecule has 0 bridgehead atoms. The summed E-state index contributed by atoms with van der Waals surface area (Å²) in [5.41, 5.74) is 7.89. The van der Waals surface area contributed by atoms with Crippen molar-refractivity contribution in [2.45, 2.75) is 117 Å². The number of pyridine rings is 1. The zero-order chi connectivity index (χ0) is 26.3. The van der Waals surface area contributed by atoms with Crippen molar-refractivity contribution in [2.24, 2.45) is 5.92 Å². The van der Waals surface area contributed by atoms with Gasteiger partial charge in [0.25, 0.3) is 0 Å². The van der Waals surface area contributed by atoms with Crippen LogP contribution < -0.4 is 0 Å². The quantitative estimate of drug-likeness (QED) is 0.273. The summed E-state index contributed by atoms with van der Waals surface area (Å²) in [7, 11) is 0. The summed E-state index contributed by atoms with van der Waals surface area (Å²) in [5, 5.41) is 0. The van der Waals surface area contributed by atoms with Crippen molar-refractivity contribution in [1.29, 1.82) is 0 Å². The van der Waals surface area contributed by atoms with Gasteiger partial charge in [0.05, 0.1) is 11.4 Å². The molecule has 1 saturated heterocycles. The molecule has 3 heterocycles. The van der Waals surface area contributed by atoms with Gasteiger partial charge in [-0.25, -0.2) is 4.98 Å². The number of unbranched alkanes of at least 4 members (excludes halogenated alkanes) is 1. The average molecular weight is 513 g/mol. The summed E-state index contributed by atoms with van der Waals surface area (Å²) in [4.78, 5) is 12.9. The minimum Gasteiger partial charge on any atom is -0.326 e. The highest BCUT2D eigenvalue weighted by Gasteiger charge is 2.33. The number of benzene rings is 1. The first-order chi connectivity index (χ1) is 18.7. The van der Waals surface area contributed by atoms with Crippen molar-refractivity contribution in [3.05, 3.63) is 59.5 Å². The first-order valence-electron chi connectivity index (χ1n) is 15.6. The Labute approximate surface area is 230 Å². The minimum atomic E-state index is 0.720. The predicted molar refractivity (Wildman–Crippen MR) is 159 cm³/mol. The largest absolute Gasteiger partial charge is 0.326 e. The van der Waals surface area contributed by atoms with Gasteiger partial charge >= 0.3 is 0 Å².